The topological polar surface area (TPSA) is 59.3 Å². The zero-order valence-electron chi connectivity index (χ0n) is 12.6. The summed E-state index contributed by atoms with van der Waals surface area (Å²) >= 11 is 0. The Balaban J connectivity index is 1.61. The van der Waals surface area contributed by atoms with Crippen molar-refractivity contribution in [3.8, 4) is 0 Å². The number of benzene rings is 2. The Labute approximate surface area is 133 Å². The lowest BCUT2D eigenvalue weighted by Crippen LogP contribution is -2.25. The molecule has 0 radical (unpaired) electrons. The standard InChI is InChI=1S/C19H17NO3/c21-18(20-12-6-9-14-7-2-1-3-8-14)17-13-15-10-4-5-11-16(15)19(22)23-17/h1-5,7-8,10-11,13H,6,9,12H2,(H,20,21). The van der Waals surface area contributed by atoms with E-state index in [1.807, 2.05) is 24.3 Å². The van der Waals surface area contributed by atoms with Gasteiger partial charge in [0.1, 0.15) is 0 Å². The number of aryl methyl sites for hydroxylation is 1. The van der Waals surface area contributed by atoms with Gasteiger partial charge in [0.15, 0.2) is 5.76 Å². The normalized spacial score (nSPS) is 10.6. The van der Waals surface area contributed by atoms with E-state index in [2.05, 4.69) is 17.4 Å². The number of carbonyl (C=O) groups is 1. The summed E-state index contributed by atoms with van der Waals surface area (Å²) in [5.41, 5.74) is 0.747. The monoisotopic (exact) mass is 307 g/mol. The Hall–Kier alpha value is -2.88. The fourth-order valence-corrected chi connectivity index (χ4v) is 2.47. The maximum absolute atomic E-state index is 12.1. The molecular formula is C19H17NO3. The SMILES string of the molecule is O=C(NCCCc1ccccc1)c1cc2ccccc2c(=O)o1. The van der Waals surface area contributed by atoms with Crippen molar-refractivity contribution in [2.45, 2.75) is 12.8 Å². The van der Waals surface area contributed by atoms with E-state index in [0.29, 0.717) is 17.3 Å². The van der Waals surface area contributed by atoms with Crippen LogP contribution in [-0.4, -0.2) is 12.5 Å². The maximum Gasteiger partial charge on any atom is 0.344 e. The fourth-order valence-electron chi connectivity index (χ4n) is 2.47. The van der Waals surface area contributed by atoms with Crippen LogP contribution in [0.2, 0.25) is 0 Å². The van der Waals surface area contributed by atoms with E-state index in [4.69, 9.17) is 4.42 Å². The van der Waals surface area contributed by atoms with Crippen LogP contribution < -0.4 is 10.9 Å². The van der Waals surface area contributed by atoms with Crippen LogP contribution in [0.15, 0.2) is 69.9 Å². The zero-order chi connectivity index (χ0) is 16.1. The molecular weight excluding hydrogens is 290 g/mol. The Morgan fingerprint density at radius 3 is 2.57 bits per heavy atom. The molecule has 4 heteroatoms. The van der Waals surface area contributed by atoms with Gasteiger partial charge in [-0.2, -0.15) is 0 Å². The summed E-state index contributed by atoms with van der Waals surface area (Å²) in [6.45, 7) is 0.532. The number of carbonyl (C=O) groups excluding carboxylic acids is 1. The highest BCUT2D eigenvalue weighted by atomic mass is 16.4. The third kappa shape index (κ3) is 3.66. The molecule has 3 aromatic rings. The van der Waals surface area contributed by atoms with Crippen LogP contribution in [0.25, 0.3) is 10.8 Å². The molecule has 0 saturated carbocycles. The third-order valence-electron chi connectivity index (χ3n) is 3.66. The lowest BCUT2D eigenvalue weighted by molar-refractivity contribution is 0.0921. The molecule has 0 fully saturated rings. The van der Waals surface area contributed by atoms with Crippen molar-refractivity contribution in [2.24, 2.45) is 0 Å². The molecule has 0 atom stereocenters. The van der Waals surface area contributed by atoms with Gasteiger partial charge in [0, 0.05) is 6.54 Å². The molecule has 116 valence electrons. The fraction of sp³-hybridized carbons (Fsp3) is 0.158. The van der Waals surface area contributed by atoms with Gasteiger partial charge in [-0.25, -0.2) is 4.79 Å². The van der Waals surface area contributed by atoms with E-state index < -0.39 is 5.63 Å². The molecule has 0 spiro atoms. The Kier molecular flexibility index (Phi) is 4.52. The first kappa shape index (κ1) is 15.0. The van der Waals surface area contributed by atoms with Crippen LogP contribution in [0, 0.1) is 0 Å². The molecule has 1 heterocycles. The summed E-state index contributed by atoms with van der Waals surface area (Å²) in [6.07, 6.45) is 1.72. The molecule has 23 heavy (non-hydrogen) atoms. The van der Waals surface area contributed by atoms with Crippen molar-refractivity contribution >= 4 is 16.7 Å². The van der Waals surface area contributed by atoms with Crippen LogP contribution in [0.3, 0.4) is 0 Å². The second-order valence-electron chi connectivity index (χ2n) is 5.33. The van der Waals surface area contributed by atoms with E-state index in [1.165, 1.54) is 5.56 Å². The van der Waals surface area contributed by atoms with Crippen LogP contribution in [0.5, 0.6) is 0 Å². The van der Waals surface area contributed by atoms with Gasteiger partial charge in [0.25, 0.3) is 5.91 Å². The molecule has 0 aliphatic heterocycles. The van der Waals surface area contributed by atoms with Crippen molar-refractivity contribution in [3.05, 3.63) is 82.4 Å². The van der Waals surface area contributed by atoms with Crippen LogP contribution in [0.4, 0.5) is 0 Å². The van der Waals surface area contributed by atoms with Crippen LogP contribution in [-0.2, 0) is 6.42 Å². The number of hydrogen-bond acceptors (Lipinski definition) is 3. The van der Waals surface area contributed by atoms with Gasteiger partial charge in [-0.1, -0.05) is 48.5 Å². The van der Waals surface area contributed by atoms with E-state index in [0.717, 1.165) is 12.8 Å². The lowest BCUT2D eigenvalue weighted by Gasteiger charge is -2.05. The average Bonchev–Trinajstić information content (AvgIpc) is 2.59. The second-order valence-corrected chi connectivity index (χ2v) is 5.33. The molecule has 0 aliphatic rings. The molecule has 0 bridgehead atoms. The minimum Gasteiger partial charge on any atom is -0.417 e. The number of hydrogen-bond donors (Lipinski definition) is 1. The summed E-state index contributed by atoms with van der Waals surface area (Å²) < 4.78 is 5.10. The Morgan fingerprint density at radius 1 is 1.00 bits per heavy atom. The predicted octanol–water partition coefficient (Wildman–Crippen LogP) is 3.16. The van der Waals surface area contributed by atoms with Gasteiger partial charge in [0.05, 0.1) is 5.39 Å². The van der Waals surface area contributed by atoms with E-state index in [9.17, 15) is 9.59 Å². The van der Waals surface area contributed by atoms with E-state index in [1.54, 1.807) is 24.3 Å². The van der Waals surface area contributed by atoms with Crippen molar-refractivity contribution in [1.29, 1.82) is 0 Å². The number of nitrogens with one attached hydrogen (secondary N) is 1. The maximum atomic E-state index is 12.1. The number of rotatable bonds is 5. The molecule has 1 N–H and O–H groups in total. The second kappa shape index (κ2) is 6.92. The largest absolute Gasteiger partial charge is 0.417 e. The molecule has 4 nitrogen and oxygen atoms in total. The Bertz CT molecular complexity index is 868. The van der Waals surface area contributed by atoms with E-state index >= 15 is 0 Å². The molecule has 0 unspecified atom stereocenters. The van der Waals surface area contributed by atoms with E-state index in [-0.39, 0.29) is 11.7 Å². The van der Waals surface area contributed by atoms with Gasteiger partial charge in [0.2, 0.25) is 0 Å². The predicted molar refractivity (Wildman–Crippen MR) is 89.6 cm³/mol. The molecule has 0 saturated heterocycles. The minimum absolute atomic E-state index is 0.0495. The smallest absolute Gasteiger partial charge is 0.344 e. The first-order chi connectivity index (χ1) is 11.2. The molecule has 2 aromatic carbocycles. The Morgan fingerprint density at radius 2 is 1.74 bits per heavy atom. The highest BCUT2D eigenvalue weighted by molar-refractivity contribution is 5.95. The number of amides is 1. The molecule has 1 amide bonds. The quantitative estimate of drug-likeness (QED) is 0.737. The molecule has 1 aromatic heterocycles. The van der Waals surface area contributed by atoms with Gasteiger partial charge in [-0.3, -0.25) is 4.79 Å². The van der Waals surface area contributed by atoms with Gasteiger partial charge in [-0.15, -0.1) is 0 Å². The van der Waals surface area contributed by atoms with Crippen LogP contribution in [0.1, 0.15) is 22.5 Å². The summed E-state index contributed by atoms with van der Waals surface area (Å²) in [5, 5.41) is 3.98. The van der Waals surface area contributed by atoms with Crippen LogP contribution >= 0.6 is 0 Å². The average molecular weight is 307 g/mol. The first-order valence-corrected chi connectivity index (χ1v) is 7.59. The van der Waals surface area contributed by atoms with Gasteiger partial charge in [-0.05, 0) is 35.9 Å². The van der Waals surface area contributed by atoms with Gasteiger partial charge < -0.3 is 9.73 Å². The van der Waals surface area contributed by atoms with Crippen molar-refractivity contribution in [3.63, 3.8) is 0 Å². The molecule has 0 aliphatic carbocycles. The highest BCUT2D eigenvalue weighted by Crippen LogP contribution is 2.11. The third-order valence-corrected chi connectivity index (χ3v) is 3.66. The minimum atomic E-state index is -0.488. The van der Waals surface area contributed by atoms with Gasteiger partial charge >= 0.3 is 5.63 Å². The summed E-state index contributed by atoms with van der Waals surface area (Å²) in [4.78, 5) is 24.0. The first-order valence-electron chi connectivity index (χ1n) is 7.59. The summed E-state index contributed by atoms with van der Waals surface area (Å²) in [7, 11) is 0. The molecule has 3 rings (SSSR count). The highest BCUT2D eigenvalue weighted by Gasteiger charge is 2.11. The summed E-state index contributed by atoms with van der Waals surface area (Å²) in [6, 6.07) is 18.8. The van der Waals surface area contributed by atoms with Crippen molar-refractivity contribution in [2.75, 3.05) is 6.54 Å². The lowest BCUT2D eigenvalue weighted by atomic mass is 10.1. The zero-order valence-corrected chi connectivity index (χ0v) is 12.6. The summed E-state index contributed by atoms with van der Waals surface area (Å²) in [5.74, 6) is -0.311. The van der Waals surface area contributed by atoms with Crippen molar-refractivity contribution in [1.82, 2.24) is 5.32 Å². The number of fused-ring (bicyclic) bond motifs is 1. The van der Waals surface area contributed by atoms with Crippen molar-refractivity contribution < 1.29 is 9.21 Å².